The molecule has 0 heterocycles. The number of nitrogens with zero attached hydrogens (tertiary/aromatic N) is 1. The van der Waals surface area contributed by atoms with E-state index in [9.17, 15) is 14.4 Å². The maximum absolute atomic E-state index is 13.4. The zero-order chi connectivity index (χ0) is 21.8. The molecular weight excluding hydrogens is 398 g/mol. The second-order valence-electron chi connectivity index (χ2n) is 7.78. The predicted molar refractivity (Wildman–Crippen MR) is 121 cm³/mol. The number of carbonyl (C=O) groups is 3. The van der Waals surface area contributed by atoms with Crippen LogP contribution in [-0.4, -0.2) is 23.1 Å². The smallest absolute Gasteiger partial charge is 0.196 e. The minimum absolute atomic E-state index is 0.0505. The van der Waals surface area contributed by atoms with Gasteiger partial charge in [0.15, 0.2) is 17.3 Å². The average molecular weight is 413 g/mol. The van der Waals surface area contributed by atoms with Crippen LogP contribution in [0.25, 0.3) is 0 Å². The van der Waals surface area contributed by atoms with Gasteiger partial charge < -0.3 is 0 Å². The van der Waals surface area contributed by atoms with E-state index in [-0.39, 0.29) is 17.3 Å². The molecule has 2 aliphatic rings. The first-order valence-corrected chi connectivity index (χ1v) is 10.3. The van der Waals surface area contributed by atoms with Gasteiger partial charge in [-0.05, 0) is 6.07 Å². The van der Waals surface area contributed by atoms with Crippen LogP contribution in [0.4, 0.5) is 5.69 Å². The highest BCUT2D eigenvalue weighted by atomic mass is 16.1. The zero-order valence-corrected chi connectivity index (χ0v) is 16.8. The minimum atomic E-state index is -0.219. The highest BCUT2D eigenvalue weighted by Gasteiger charge is 2.32. The molecule has 6 rings (SSSR count). The Morgan fingerprint density at radius 2 is 0.812 bits per heavy atom. The molecule has 0 radical (unpaired) electrons. The van der Waals surface area contributed by atoms with Gasteiger partial charge in [-0.25, -0.2) is 4.99 Å². The van der Waals surface area contributed by atoms with Crippen molar-refractivity contribution in [2.45, 2.75) is 0 Å². The van der Waals surface area contributed by atoms with E-state index in [4.69, 9.17) is 4.99 Å². The summed E-state index contributed by atoms with van der Waals surface area (Å²) in [5.74, 6) is -0.453. The first-order chi connectivity index (χ1) is 15.6. The van der Waals surface area contributed by atoms with Crippen LogP contribution in [0.2, 0.25) is 0 Å². The van der Waals surface area contributed by atoms with E-state index in [1.807, 2.05) is 36.4 Å². The predicted octanol–water partition coefficient (Wildman–Crippen LogP) is 5.18. The Hall–Kier alpha value is -4.44. The first kappa shape index (κ1) is 18.3. The van der Waals surface area contributed by atoms with Gasteiger partial charge in [-0.2, -0.15) is 0 Å². The molecule has 150 valence electrons. The van der Waals surface area contributed by atoms with Crippen molar-refractivity contribution in [2.75, 3.05) is 0 Å². The molecule has 0 aromatic heterocycles. The van der Waals surface area contributed by atoms with Crippen LogP contribution in [0.15, 0.2) is 96.0 Å². The van der Waals surface area contributed by atoms with Crippen molar-refractivity contribution in [3.63, 3.8) is 0 Å². The van der Waals surface area contributed by atoms with Gasteiger partial charge in [0.25, 0.3) is 0 Å². The number of rotatable bonds is 1. The lowest BCUT2D eigenvalue weighted by Gasteiger charge is -2.22. The molecule has 4 nitrogen and oxygen atoms in total. The second-order valence-corrected chi connectivity index (χ2v) is 7.78. The van der Waals surface area contributed by atoms with Crippen LogP contribution < -0.4 is 0 Å². The molecule has 4 aromatic rings. The Kier molecular flexibility index (Phi) is 3.89. The highest BCUT2D eigenvalue weighted by molar-refractivity contribution is 6.32. The average Bonchev–Trinajstić information content (AvgIpc) is 2.85. The van der Waals surface area contributed by atoms with E-state index >= 15 is 0 Å². The summed E-state index contributed by atoms with van der Waals surface area (Å²) in [5.41, 5.74) is 5.05. The lowest BCUT2D eigenvalue weighted by atomic mass is 9.82. The molecule has 0 spiro atoms. The van der Waals surface area contributed by atoms with E-state index < -0.39 is 0 Å². The van der Waals surface area contributed by atoms with E-state index in [0.717, 1.165) is 0 Å². The van der Waals surface area contributed by atoms with Gasteiger partial charge in [0.1, 0.15) is 0 Å². The lowest BCUT2D eigenvalue weighted by Crippen LogP contribution is -2.22. The van der Waals surface area contributed by atoms with Gasteiger partial charge >= 0.3 is 0 Å². The number of ketones is 3. The van der Waals surface area contributed by atoms with Crippen molar-refractivity contribution in [2.24, 2.45) is 4.99 Å². The molecule has 0 atom stereocenters. The van der Waals surface area contributed by atoms with Crippen LogP contribution in [-0.2, 0) is 0 Å². The van der Waals surface area contributed by atoms with Gasteiger partial charge in [-0.3, -0.25) is 14.4 Å². The van der Waals surface area contributed by atoms with Crippen LogP contribution in [0.3, 0.4) is 0 Å². The Morgan fingerprint density at radius 1 is 0.406 bits per heavy atom. The van der Waals surface area contributed by atoms with Crippen molar-refractivity contribution in [3.8, 4) is 0 Å². The second kappa shape index (κ2) is 6.79. The van der Waals surface area contributed by atoms with Gasteiger partial charge in [0.2, 0.25) is 0 Å². The molecule has 0 N–H and O–H groups in total. The Balaban J connectivity index is 1.63. The summed E-state index contributed by atoms with van der Waals surface area (Å²) in [6, 6.07) is 26.7. The quantitative estimate of drug-likeness (QED) is 0.373. The summed E-state index contributed by atoms with van der Waals surface area (Å²) >= 11 is 0. The molecule has 4 heteroatoms. The van der Waals surface area contributed by atoms with Crippen molar-refractivity contribution in [1.82, 2.24) is 0 Å². The van der Waals surface area contributed by atoms with Gasteiger partial charge in [0, 0.05) is 38.9 Å². The van der Waals surface area contributed by atoms with Crippen molar-refractivity contribution in [1.29, 1.82) is 0 Å². The van der Waals surface area contributed by atoms with Crippen LogP contribution in [0, 0.1) is 0 Å². The molecule has 32 heavy (non-hydrogen) atoms. The normalized spacial score (nSPS) is 13.8. The summed E-state index contributed by atoms with van der Waals surface area (Å²) in [6.45, 7) is 0. The Labute approximate surface area is 183 Å². The summed E-state index contributed by atoms with van der Waals surface area (Å²) < 4.78 is 0. The molecule has 0 saturated carbocycles. The largest absolute Gasteiger partial charge is 0.289 e. The Bertz CT molecular complexity index is 1480. The molecule has 0 unspecified atom stereocenters. The molecular formula is C28H15NO3. The van der Waals surface area contributed by atoms with Crippen molar-refractivity contribution < 1.29 is 14.4 Å². The summed E-state index contributed by atoms with van der Waals surface area (Å²) in [6.07, 6.45) is 0. The fourth-order valence-electron chi connectivity index (χ4n) is 4.53. The molecule has 0 bridgehead atoms. The van der Waals surface area contributed by atoms with Gasteiger partial charge in [-0.1, -0.05) is 84.9 Å². The lowest BCUT2D eigenvalue weighted by molar-refractivity contribution is 0.0979. The summed E-state index contributed by atoms with van der Waals surface area (Å²) in [7, 11) is 0. The topological polar surface area (TPSA) is 63.6 Å². The van der Waals surface area contributed by atoms with Crippen LogP contribution >= 0.6 is 0 Å². The van der Waals surface area contributed by atoms with Crippen molar-refractivity contribution >= 4 is 28.7 Å². The van der Waals surface area contributed by atoms with Crippen LogP contribution in [0.5, 0.6) is 0 Å². The number of aliphatic imine (C=N–C) groups is 1. The zero-order valence-electron chi connectivity index (χ0n) is 16.8. The SMILES string of the molecule is O=C1c2ccccc2C(=Nc2cccc3c2C(=O)c2ccccc2C3=O)c2ccccc21. The van der Waals surface area contributed by atoms with Crippen LogP contribution in [0.1, 0.15) is 58.9 Å². The van der Waals surface area contributed by atoms with E-state index in [0.29, 0.717) is 55.9 Å². The van der Waals surface area contributed by atoms with E-state index in [2.05, 4.69) is 0 Å². The minimum Gasteiger partial charge on any atom is -0.289 e. The third-order valence-corrected chi connectivity index (χ3v) is 6.02. The Morgan fingerprint density at radius 3 is 1.38 bits per heavy atom. The maximum Gasteiger partial charge on any atom is 0.196 e. The summed E-state index contributed by atoms with van der Waals surface area (Å²) in [5, 5.41) is 0. The fraction of sp³-hybridized carbons (Fsp3) is 0. The first-order valence-electron chi connectivity index (χ1n) is 10.3. The number of fused-ring (bicyclic) bond motifs is 4. The highest BCUT2D eigenvalue weighted by Crippen LogP contribution is 2.35. The van der Waals surface area contributed by atoms with E-state index in [1.54, 1.807) is 54.6 Å². The summed E-state index contributed by atoms with van der Waals surface area (Å²) in [4.78, 5) is 44.4. The fourth-order valence-corrected chi connectivity index (χ4v) is 4.53. The molecule has 0 fully saturated rings. The number of benzene rings is 4. The molecule has 0 saturated heterocycles. The monoisotopic (exact) mass is 413 g/mol. The van der Waals surface area contributed by atoms with Crippen molar-refractivity contribution in [3.05, 3.63) is 136 Å². The molecule has 2 aliphatic carbocycles. The number of hydrogen-bond donors (Lipinski definition) is 0. The third-order valence-electron chi connectivity index (χ3n) is 6.02. The third kappa shape index (κ3) is 2.50. The molecule has 0 amide bonds. The number of carbonyl (C=O) groups excluding carboxylic acids is 3. The molecule has 0 aliphatic heterocycles. The van der Waals surface area contributed by atoms with E-state index in [1.165, 1.54) is 0 Å². The van der Waals surface area contributed by atoms with Gasteiger partial charge in [0.05, 0.1) is 17.0 Å². The standard InChI is InChI=1S/C28H15NO3/c30-26-18-10-3-1-8-16(18)25(17-9-2-4-11-19(17)26)29-23-15-7-14-22-24(23)28(32)21-13-6-5-12-20(21)27(22)31/h1-15H. The number of hydrogen-bond acceptors (Lipinski definition) is 4. The molecule has 4 aromatic carbocycles. The maximum atomic E-state index is 13.4. The van der Waals surface area contributed by atoms with Gasteiger partial charge in [-0.15, -0.1) is 0 Å².